The third kappa shape index (κ3) is 8.81. The fourth-order valence-corrected chi connectivity index (χ4v) is 7.48. The molecule has 4 heteroatoms. The Morgan fingerprint density at radius 2 is 0.927 bits per heavy atom. The van der Waals surface area contributed by atoms with Gasteiger partial charge in [-0.2, -0.15) is 0 Å². The van der Waals surface area contributed by atoms with Gasteiger partial charge in [0.05, 0.1) is 44.8 Å². The molecule has 0 atom stereocenters. The van der Waals surface area contributed by atoms with Gasteiger partial charge < -0.3 is 0 Å². The van der Waals surface area contributed by atoms with Gasteiger partial charge in [-0.05, 0) is 93.5 Å². The molecule has 0 saturated carbocycles. The molecule has 2 aliphatic carbocycles. The van der Waals surface area contributed by atoms with Crippen molar-refractivity contribution in [2.45, 2.75) is 81.1 Å². The molecule has 4 aromatic rings. The van der Waals surface area contributed by atoms with Gasteiger partial charge in [-0.15, -0.1) is 0 Å². The number of benzene rings is 2. The second-order valence-corrected chi connectivity index (χ2v) is 16.1. The van der Waals surface area contributed by atoms with E-state index in [2.05, 4.69) is 154 Å². The van der Waals surface area contributed by atoms with Crippen molar-refractivity contribution >= 4 is 33.2 Å². The number of hydrogen-bond donors (Lipinski definition) is 0. The molecule has 0 saturated heterocycles. The van der Waals surface area contributed by atoms with E-state index in [1.54, 1.807) is 0 Å². The monoisotopic (exact) mass is 722 g/mol. The molecule has 278 valence electrons. The predicted molar refractivity (Wildman–Crippen MR) is 236 cm³/mol. The summed E-state index contributed by atoms with van der Waals surface area (Å²) < 4.78 is 0. The molecule has 0 unspecified atom stereocenters. The summed E-state index contributed by atoms with van der Waals surface area (Å²) in [7, 11) is 0. The third-order valence-corrected chi connectivity index (χ3v) is 10.6. The highest BCUT2D eigenvalue weighted by Gasteiger charge is 2.38. The summed E-state index contributed by atoms with van der Waals surface area (Å²) in [6, 6.07) is 16.2. The number of rotatable bonds is 10. The number of nitrogens with zero attached hydrogens (tertiary/aromatic N) is 4. The number of hydrogen-bond acceptors (Lipinski definition) is 4. The molecule has 2 aliphatic rings. The molecular formula is C51H54N4. The van der Waals surface area contributed by atoms with Gasteiger partial charge in [0, 0.05) is 11.8 Å². The number of aromatic nitrogens is 4. The van der Waals surface area contributed by atoms with Crippen LogP contribution >= 0.6 is 0 Å². The normalized spacial score (nSPS) is 18.1. The summed E-state index contributed by atoms with van der Waals surface area (Å²) in [4.78, 5) is 19.9. The fraction of sp³-hybridized carbons (Fsp3) is 0.255. The van der Waals surface area contributed by atoms with E-state index in [0.29, 0.717) is 0 Å². The standard InChI is InChI=1S/C51H54N4/c1-34(21-17-23-36(3)29-31-40-38(5)47-46(33-50(40,7)8)52-42-25-13-14-26-43(42)53-47)19-11-12-20-35(2)22-18-24-37(4)30-32-41-39(6)48-49(51(41,9)10)55-45-28-16-15-27-44(45)54-48/h11-32H,33H2,1-10H3. The second-order valence-electron chi connectivity index (χ2n) is 16.1. The predicted octanol–water partition coefficient (Wildman–Crippen LogP) is 13.3. The van der Waals surface area contributed by atoms with Gasteiger partial charge in [-0.25, -0.2) is 19.9 Å². The van der Waals surface area contributed by atoms with Gasteiger partial charge in [0.15, 0.2) is 0 Å². The lowest BCUT2D eigenvalue weighted by Gasteiger charge is -2.33. The van der Waals surface area contributed by atoms with Crippen LogP contribution in [0.2, 0.25) is 0 Å². The second kappa shape index (κ2) is 16.3. The Morgan fingerprint density at radius 3 is 1.47 bits per heavy atom. The molecule has 0 N–H and O–H groups in total. The van der Waals surface area contributed by atoms with Gasteiger partial charge in [-0.1, -0.05) is 159 Å². The van der Waals surface area contributed by atoms with Gasteiger partial charge >= 0.3 is 0 Å². The van der Waals surface area contributed by atoms with E-state index >= 15 is 0 Å². The van der Waals surface area contributed by atoms with Crippen LogP contribution in [0.4, 0.5) is 0 Å². The smallest absolute Gasteiger partial charge is 0.0894 e. The summed E-state index contributed by atoms with van der Waals surface area (Å²) in [5, 5.41) is 0. The van der Waals surface area contributed by atoms with Crippen molar-refractivity contribution in [3.63, 3.8) is 0 Å². The Kier molecular flexibility index (Phi) is 11.6. The van der Waals surface area contributed by atoms with Crippen molar-refractivity contribution < 1.29 is 0 Å². The van der Waals surface area contributed by atoms with Crippen molar-refractivity contribution in [2.24, 2.45) is 5.41 Å². The SMILES string of the molecule is CC(C=CC=C(C)C=CC1=C(C)c2nc3ccccc3nc2CC1(C)C)=CC=CC=C(C)C=CC=C(C)C=CC1=C(C)c2nc3ccccc3nc2C1(C)C. The zero-order valence-corrected chi connectivity index (χ0v) is 34.2. The van der Waals surface area contributed by atoms with Crippen LogP contribution in [0, 0.1) is 5.41 Å². The minimum atomic E-state index is -0.199. The molecule has 0 aliphatic heterocycles. The zero-order valence-electron chi connectivity index (χ0n) is 34.2. The molecule has 0 radical (unpaired) electrons. The molecule has 4 nitrogen and oxygen atoms in total. The molecule has 0 amide bonds. The largest absolute Gasteiger partial charge is 0.249 e. The first-order chi connectivity index (χ1) is 26.2. The quantitative estimate of drug-likeness (QED) is 0.153. The summed E-state index contributed by atoms with van der Waals surface area (Å²) >= 11 is 0. The van der Waals surface area contributed by atoms with Gasteiger partial charge in [0.2, 0.25) is 0 Å². The van der Waals surface area contributed by atoms with E-state index in [1.165, 1.54) is 44.6 Å². The van der Waals surface area contributed by atoms with Crippen molar-refractivity contribution in [1.82, 2.24) is 19.9 Å². The van der Waals surface area contributed by atoms with Crippen LogP contribution < -0.4 is 0 Å². The molecule has 0 bridgehead atoms. The Morgan fingerprint density at radius 1 is 0.509 bits per heavy atom. The molecule has 2 heterocycles. The average molecular weight is 723 g/mol. The molecule has 0 spiro atoms. The highest BCUT2D eigenvalue weighted by molar-refractivity contribution is 5.84. The molecule has 55 heavy (non-hydrogen) atoms. The summed E-state index contributed by atoms with van der Waals surface area (Å²) in [6.45, 7) is 21.9. The maximum absolute atomic E-state index is 5.01. The van der Waals surface area contributed by atoms with Gasteiger partial charge in [-0.3, -0.25) is 0 Å². The minimum absolute atomic E-state index is 0.0205. The van der Waals surface area contributed by atoms with Crippen LogP contribution in [0.5, 0.6) is 0 Å². The lowest BCUT2D eigenvalue weighted by Crippen LogP contribution is -2.25. The first kappa shape index (κ1) is 39.0. The number of para-hydroxylation sites is 4. The zero-order chi connectivity index (χ0) is 39.3. The van der Waals surface area contributed by atoms with E-state index in [9.17, 15) is 0 Å². The highest BCUT2D eigenvalue weighted by Crippen LogP contribution is 2.45. The van der Waals surface area contributed by atoms with Crippen molar-refractivity contribution in [2.75, 3.05) is 0 Å². The van der Waals surface area contributed by atoms with Crippen molar-refractivity contribution in [1.29, 1.82) is 0 Å². The van der Waals surface area contributed by atoms with Gasteiger partial charge in [0.25, 0.3) is 0 Å². The summed E-state index contributed by atoms with van der Waals surface area (Å²) in [5.74, 6) is 0. The Bertz CT molecular complexity index is 2500. The van der Waals surface area contributed by atoms with E-state index < -0.39 is 0 Å². The highest BCUT2D eigenvalue weighted by atomic mass is 14.9. The van der Waals surface area contributed by atoms with Crippen molar-refractivity contribution in [3.8, 4) is 0 Å². The van der Waals surface area contributed by atoms with E-state index in [0.717, 1.165) is 51.3 Å². The van der Waals surface area contributed by atoms with Crippen LogP contribution in [0.3, 0.4) is 0 Å². The van der Waals surface area contributed by atoms with E-state index in [4.69, 9.17) is 19.9 Å². The third-order valence-electron chi connectivity index (χ3n) is 10.6. The lowest BCUT2D eigenvalue weighted by atomic mass is 9.72. The Hall–Kier alpha value is -5.74. The van der Waals surface area contributed by atoms with Crippen LogP contribution in [0.25, 0.3) is 33.2 Å². The first-order valence-corrected chi connectivity index (χ1v) is 19.3. The van der Waals surface area contributed by atoms with Gasteiger partial charge in [0.1, 0.15) is 0 Å². The fourth-order valence-electron chi connectivity index (χ4n) is 7.48. The Labute approximate surface area is 328 Å². The number of allylic oxidation sites excluding steroid dienone is 22. The van der Waals surface area contributed by atoms with E-state index in [-0.39, 0.29) is 10.8 Å². The molecule has 2 aromatic carbocycles. The van der Waals surface area contributed by atoms with Crippen molar-refractivity contribution in [3.05, 3.63) is 190 Å². The average Bonchev–Trinajstić information content (AvgIpc) is 3.33. The van der Waals surface area contributed by atoms with Crippen LogP contribution in [-0.4, -0.2) is 19.9 Å². The maximum Gasteiger partial charge on any atom is 0.0894 e. The first-order valence-electron chi connectivity index (χ1n) is 19.3. The topological polar surface area (TPSA) is 51.6 Å². The molecule has 0 fully saturated rings. The van der Waals surface area contributed by atoms with Crippen LogP contribution in [-0.2, 0) is 11.8 Å². The maximum atomic E-state index is 5.01. The molecule has 6 rings (SSSR count). The van der Waals surface area contributed by atoms with E-state index in [1.807, 2.05) is 48.5 Å². The molecular weight excluding hydrogens is 669 g/mol. The van der Waals surface area contributed by atoms with Crippen LogP contribution in [0.15, 0.2) is 167 Å². The van der Waals surface area contributed by atoms with Crippen LogP contribution in [0.1, 0.15) is 92.0 Å². The minimum Gasteiger partial charge on any atom is -0.249 e. The lowest BCUT2D eigenvalue weighted by molar-refractivity contribution is 0.442. The summed E-state index contributed by atoms with van der Waals surface area (Å²) in [5.41, 5.74) is 17.5. The molecule has 2 aromatic heterocycles. The Balaban J connectivity index is 1.03. The summed E-state index contributed by atoms with van der Waals surface area (Å²) in [6.07, 6.45) is 31.0. The number of fused-ring (bicyclic) bond motifs is 4.